The van der Waals surface area contributed by atoms with Gasteiger partial charge in [-0.05, 0) is 25.0 Å². The lowest BCUT2D eigenvalue weighted by molar-refractivity contribution is -0.119. The Kier molecular flexibility index (Phi) is 4.72. The van der Waals surface area contributed by atoms with Gasteiger partial charge in [-0.2, -0.15) is 5.10 Å². The van der Waals surface area contributed by atoms with Crippen LogP contribution in [-0.2, 0) is 10.3 Å². The number of nitrogens with zero attached hydrogens (tertiary/aromatic N) is 3. The van der Waals surface area contributed by atoms with Gasteiger partial charge in [0.15, 0.2) is 0 Å². The minimum atomic E-state index is -0.601. The van der Waals surface area contributed by atoms with Gasteiger partial charge < -0.3 is 11.1 Å². The van der Waals surface area contributed by atoms with Gasteiger partial charge in [0.05, 0.1) is 23.2 Å². The van der Waals surface area contributed by atoms with E-state index < -0.39 is 11.4 Å². The molecule has 1 aliphatic heterocycles. The molecule has 2 aromatic heterocycles. The van der Waals surface area contributed by atoms with Crippen LogP contribution >= 0.6 is 0 Å². The molecular weight excluding hydrogens is 426 g/mol. The van der Waals surface area contributed by atoms with Gasteiger partial charge in [-0.15, -0.1) is 0 Å². The molecule has 1 spiro atoms. The molecule has 0 atom stereocenters. The molecule has 1 saturated carbocycles. The molecule has 6 rings (SSSR count). The van der Waals surface area contributed by atoms with Gasteiger partial charge in [0.25, 0.3) is 5.91 Å². The molecule has 1 fully saturated rings. The molecular formula is C27H25N5O2. The highest BCUT2D eigenvalue weighted by Gasteiger charge is 2.44. The molecule has 0 bridgehead atoms. The summed E-state index contributed by atoms with van der Waals surface area (Å²) in [5, 5.41) is 8.79. The Morgan fingerprint density at radius 3 is 2.50 bits per heavy atom. The first-order valence-electron chi connectivity index (χ1n) is 11.7. The van der Waals surface area contributed by atoms with E-state index in [0.29, 0.717) is 17.9 Å². The van der Waals surface area contributed by atoms with Crippen LogP contribution in [0.3, 0.4) is 0 Å². The maximum atomic E-state index is 12.7. The summed E-state index contributed by atoms with van der Waals surface area (Å²) in [6, 6.07) is 19.9. The largest absolute Gasteiger partial charge is 0.365 e. The number of anilines is 1. The smallest absolute Gasteiger partial charge is 0.254 e. The van der Waals surface area contributed by atoms with E-state index in [-0.39, 0.29) is 11.5 Å². The third-order valence-corrected chi connectivity index (χ3v) is 7.15. The lowest BCUT2D eigenvalue weighted by Crippen LogP contribution is -2.45. The van der Waals surface area contributed by atoms with Crippen LogP contribution < -0.4 is 11.1 Å². The van der Waals surface area contributed by atoms with Crippen LogP contribution in [0.5, 0.6) is 0 Å². The van der Waals surface area contributed by atoms with Crippen LogP contribution in [0.25, 0.3) is 33.4 Å². The van der Waals surface area contributed by atoms with E-state index in [4.69, 9.17) is 15.8 Å². The minimum absolute atomic E-state index is 0.0870. The number of hydrogen-bond acceptors (Lipinski definition) is 4. The van der Waals surface area contributed by atoms with Crippen molar-refractivity contribution in [2.75, 3.05) is 5.32 Å². The Morgan fingerprint density at radius 1 is 0.971 bits per heavy atom. The minimum Gasteiger partial charge on any atom is -0.365 e. The van der Waals surface area contributed by atoms with Gasteiger partial charge in [0.2, 0.25) is 5.91 Å². The maximum Gasteiger partial charge on any atom is 0.254 e. The number of fused-ring (bicyclic) bond motifs is 3. The lowest BCUT2D eigenvalue weighted by Gasteiger charge is -2.40. The van der Waals surface area contributed by atoms with Gasteiger partial charge in [0, 0.05) is 16.5 Å². The van der Waals surface area contributed by atoms with Crippen LogP contribution in [0.1, 0.15) is 48.9 Å². The molecule has 170 valence electrons. The van der Waals surface area contributed by atoms with Gasteiger partial charge >= 0.3 is 0 Å². The summed E-state index contributed by atoms with van der Waals surface area (Å²) in [6.45, 7) is 0. The summed E-state index contributed by atoms with van der Waals surface area (Å²) in [6.07, 6.45) is 5.33. The molecule has 2 aromatic carbocycles. The van der Waals surface area contributed by atoms with Crippen LogP contribution in [0.4, 0.5) is 5.82 Å². The van der Waals surface area contributed by atoms with Crippen LogP contribution in [0.2, 0.25) is 0 Å². The third-order valence-electron chi connectivity index (χ3n) is 7.15. The molecule has 2 amide bonds. The number of aromatic nitrogens is 3. The highest BCUT2D eigenvalue weighted by atomic mass is 16.2. The molecule has 1 aliphatic carbocycles. The van der Waals surface area contributed by atoms with E-state index in [1.807, 2.05) is 65.3 Å². The number of carbonyl (C=O) groups is 2. The fourth-order valence-corrected chi connectivity index (χ4v) is 5.49. The van der Waals surface area contributed by atoms with E-state index in [1.165, 1.54) is 0 Å². The van der Waals surface area contributed by atoms with Crippen molar-refractivity contribution in [3.05, 3.63) is 66.2 Å². The molecule has 34 heavy (non-hydrogen) atoms. The number of amides is 2. The summed E-state index contributed by atoms with van der Waals surface area (Å²) >= 11 is 0. The first kappa shape index (κ1) is 20.6. The maximum absolute atomic E-state index is 12.7. The number of hydrogen-bond donors (Lipinski definition) is 2. The molecule has 7 heteroatoms. The van der Waals surface area contributed by atoms with Crippen LogP contribution in [0.15, 0.2) is 60.7 Å². The normalized spacial score (nSPS) is 16.9. The lowest BCUT2D eigenvalue weighted by atomic mass is 9.78. The van der Waals surface area contributed by atoms with Crippen molar-refractivity contribution in [3.8, 4) is 22.5 Å². The van der Waals surface area contributed by atoms with E-state index in [0.717, 1.165) is 59.8 Å². The second-order valence-electron chi connectivity index (χ2n) is 9.33. The fourth-order valence-electron chi connectivity index (χ4n) is 5.49. The molecule has 7 nitrogen and oxygen atoms in total. The highest BCUT2D eigenvalue weighted by Crippen LogP contribution is 2.45. The fraction of sp³-hybridized carbons (Fsp3) is 0.259. The number of nitrogens with two attached hydrogens (primary N) is 1. The number of nitrogens with one attached hydrogen (secondary N) is 1. The second kappa shape index (κ2) is 7.80. The van der Waals surface area contributed by atoms with Crippen molar-refractivity contribution in [1.82, 2.24) is 14.8 Å². The van der Waals surface area contributed by atoms with Gasteiger partial charge in [0.1, 0.15) is 17.1 Å². The molecule has 0 saturated heterocycles. The van der Waals surface area contributed by atoms with E-state index in [1.54, 1.807) is 0 Å². The standard InChI is InChI=1S/C27H25N5O2/c28-25(34)23-24(31-32-26(23)30-22(33)16-27(32)13-5-2-6-14-27)19-10-9-18-11-12-20(29-21(18)15-19)17-7-3-1-4-8-17/h1,3-4,7-12,15H,2,5-6,13-14,16H2,(H2,28,34)(H,30,33). The van der Waals surface area contributed by atoms with Crippen molar-refractivity contribution in [2.45, 2.75) is 44.1 Å². The SMILES string of the molecule is NC(=O)c1c(-c2ccc3ccc(-c4ccccc4)nc3c2)nn2c1NC(=O)CC21CCCCC1. The van der Waals surface area contributed by atoms with E-state index in [9.17, 15) is 9.59 Å². The van der Waals surface area contributed by atoms with Gasteiger partial charge in [-0.25, -0.2) is 9.67 Å². The summed E-state index contributed by atoms with van der Waals surface area (Å²) in [7, 11) is 0. The monoisotopic (exact) mass is 451 g/mol. The van der Waals surface area contributed by atoms with E-state index in [2.05, 4.69) is 5.32 Å². The first-order valence-corrected chi connectivity index (χ1v) is 11.7. The zero-order valence-corrected chi connectivity index (χ0v) is 18.8. The average Bonchev–Trinajstić information content (AvgIpc) is 3.25. The Morgan fingerprint density at radius 2 is 1.74 bits per heavy atom. The first-order chi connectivity index (χ1) is 16.5. The highest BCUT2D eigenvalue weighted by molar-refractivity contribution is 6.08. The zero-order chi connectivity index (χ0) is 23.3. The van der Waals surface area contributed by atoms with Gasteiger partial charge in [-0.1, -0.05) is 67.8 Å². The molecule has 3 N–H and O–H groups in total. The summed E-state index contributed by atoms with van der Waals surface area (Å²) in [5.41, 5.74) is 9.65. The summed E-state index contributed by atoms with van der Waals surface area (Å²) in [5.74, 6) is -0.265. The number of benzene rings is 2. The number of primary amides is 1. The Bertz CT molecular complexity index is 1430. The Labute approximate surface area is 197 Å². The van der Waals surface area contributed by atoms with Crippen molar-refractivity contribution < 1.29 is 9.59 Å². The predicted molar refractivity (Wildman–Crippen MR) is 131 cm³/mol. The third kappa shape index (κ3) is 3.27. The van der Waals surface area contributed by atoms with Crippen molar-refractivity contribution >= 4 is 28.5 Å². The zero-order valence-electron chi connectivity index (χ0n) is 18.8. The number of carbonyl (C=O) groups excluding carboxylic acids is 2. The predicted octanol–water partition coefficient (Wildman–Crippen LogP) is 4.87. The molecule has 0 radical (unpaired) electrons. The van der Waals surface area contributed by atoms with Crippen LogP contribution in [0, 0.1) is 0 Å². The number of pyridine rings is 1. The van der Waals surface area contributed by atoms with Crippen molar-refractivity contribution in [3.63, 3.8) is 0 Å². The number of rotatable bonds is 3. The van der Waals surface area contributed by atoms with Crippen molar-refractivity contribution in [2.24, 2.45) is 5.73 Å². The van der Waals surface area contributed by atoms with Crippen molar-refractivity contribution in [1.29, 1.82) is 0 Å². The quantitative estimate of drug-likeness (QED) is 0.464. The second-order valence-corrected chi connectivity index (χ2v) is 9.33. The summed E-state index contributed by atoms with van der Waals surface area (Å²) < 4.78 is 1.88. The van der Waals surface area contributed by atoms with E-state index >= 15 is 0 Å². The van der Waals surface area contributed by atoms with Gasteiger partial charge in [-0.3, -0.25) is 9.59 Å². The average molecular weight is 452 g/mol. The Hall–Kier alpha value is -4.00. The molecule has 0 unspecified atom stereocenters. The summed E-state index contributed by atoms with van der Waals surface area (Å²) in [4.78, 5) is 30.1. The molecule has 2 aliphatic rings. The Balaban J connectivity index is 1.52. The molecule has 4 aromatic rings. The topological polar surface area (TPSA) is 103 Å². The van der Waals surface area contributed by atoms with Crippen LogP contribution in [-0.4, -0.2) is 26.6 Å². The molecule has 3 heterocycles.